The fraction of sp³-hybridized carbons (Fsp3) is 0.267. The lowest BCUT2D eigenvalue weighted by Gasteiger charge is -2.34. The van der Waals surface area contributed by atoms with Gasteiger partial charge >= 0.3 is 5.97 Å². The molecule has 43 heavy (non-hydrogen) atoms. The quantitative estimate of drug-likeness (QED) is 0.216. The standard InChI is InChI=1S/C30H33N3O8S2/c1-6-43(39,40)32(5)24-8-7-9-25-26(24)19(4)28(41-25)29(34)31-22-14-10-20(11-15-22)21-12-16-23(17-13-21)33(42(37)38)27(18(2)3)30(35)36/h7-18,27H,6H2,1-5H3,(H,31,34)(H,35,36)(H,37,38)/p-1. The van der Waals surface area contributed by atoms with E-state index < -0.39 is 45.1 Å². The van der Waals surface area contributed by atoms with Crippen LogP contribution in [0.15, 0.2) is 71.1 Å². The van der Waals surface area contributed by atoms with E-state index in [0.29, 0.717) is 27.9 Å². The van der Waals surface area contributed by atoms with Crippen LogP contribution in [0.1, 0.15) is 36.9 Å². The van der Waals surface area contributed by atoms with Crippen LogP contribution in [0.2, 0.25) is 0 Å². The number of carboxylic acid groups (broad SMARTS) is 1. The van der Waals surface area contributed by atoms with Gasteiger partial charge in [0.15, 0.2) is 5.76 Å². The van der Waals surface area contributed by atoms with E-state index in [1.807, 2.05) is 0 Å². The summed E-state index contributed by atoms with van der Waals surface area (Å²) in [6.07, 6.45) is 0. The highest BCUT2D eigenvalue weighted by Gasteiger charge is 2.30. The number of carbonyl (C=O) groups excluding carboxylic acids is 1. The Morgan fingerprint density at radius 2 is 1.60 bits per heavy atom. The molecule has 1 amide bonds. The zero-order chi connectivity index (χ0) is 31.6. The summed E-state index contributed by atoms with van der Waals surface area (Å²) < 4.78 is 56.6. The highest BCUT2D eigenvalue weighted by atomic mass is 32.2. The van der Waals surface area contributed by atoms with E-state index in [1.165, 1.54) is 11.4 Å². The molecule has 0 saturated heterocycles. The summed E-state index contributed by atoms with van der Waals surface area (Å²) in [5, 5.41) is 12.9. The van der Waals surface area contributed by atoms with Crippen LogP contribution in [-0.2, 0) is 26.1 Å². The zero-order valence-corrected chi connectivity index (χ0v) is 25.9. The molecule has 4 rings (SSSR count). The lowest BCUT2D eigenvalue weighted by Crippen LogP contribution is -2.45. The lowest BCUT2D eigenvalue weighted by molar-refractivity contribution is -0.139. The minimum atomic E-state index is -3.53. The first kappa shape index (κ1) is 31.7. The van der Waals surface area contributed by atoms with Crippen molar-refractivity contribution in [1.82, 2.24) is 0 Å². The van der Waals surface area contributed by atoms with Gasteiger partial charge in [-0.2, -0.15) is 0 Å². The second-order valence-corrected chi connectivity index (χ2v) is 13.3. The van der Waals surface area contributed by atoms with Crippen LogP contribution in [0.4, 0.5) is 17.1 Å². The molecule has 4 aromatic rings. The summed E-state index contributed by atoms with van der Waals surface area (Å²) in [6.45, 7) is 6.54. The van der Waals surface area contributed by atoms with Crippen molar-refractivity contribution in [2.24, 2.45) is 5.92 Å². The molecule has 0 bridgehead atoms. The van der Waals surface area contributed by atoms with Crippen LogP contribution in [0, 0.1) is 12.8 Å². The third-order valence-corrected chi connectivity index (χ3v) is 9.67. The van der Waals surface area contributed by atoms with E-state index in [2.05, 4.69) is 5.32 Å². The van der Waals surface area contributed by atoms with Crippen molar-refractivity contribution < 1.29 is 36.3 Å². The van der Waals surface area contributed by atoms with Gasteiger partial charge in [-0.25, -0.2) is 13.2 Å². The number of benzene rings is 3. The number of fused-ring (bicyclic) bond motifs is 1. The Labute approximate surface area is 252 Å². The first-order valence-corrected chi connectivity index (χ1v) is 16.0. The maximum Gasteiger partial charge on any atom is 0.327 e. The van der Waals surface area contributed by atoms with Gasteiger partial charge in [0.05, 0.1) is 11.4 Å². The number of hydrogen-bond acceptors (Lipinski definition) is 7. The first-order chi connectivity index (χ1) is 20.3. The molecule has 0 aliphatic rings. The predicted molar refractivity (Wildman–Crippen MR) is 166 cm³/mol. The van der Waals surface area contributed by atoms with Gasteiger partial charge in [-0.15, -0.1) is 0 Å². The molecule has 0 spiro atoms. The summed E-state index contributed by atoms with van der Waals surface area (Å²) in [4.78, 5) is 24.9. The number of hydrogen-bond donors (Lipinski definition) is 2. The Hall–Kier alpha value is -4.20. The van der Waals surface area contributed by atoms with Gasteiger partial charge in [0.1, 0.15) is 11.6 Å². The Kier molecular flexibility index (Phi) is 9.28. The van der Waals surface area contributed by atoms with Crippen LogP contribution in [0.25, 0.3) is 22.1 Å². The van der Waals surface area contributed by atoms with Gasteiger partial charge in [0.25, 0.3) is 5.91 Å². The Balaban J connectivity index is 1.55. The Morgan fingerprint density at radius 3 is 2.12 bits per heavy atom. The van der Waals surface area contributed by atoms with Crippen molar-refractivity contribution in [2.75, 3.05) is 26.7 Å². The molecule has 2 unspecified atom stereocenters. The van der Waals surface area contributed by atoms with E-state index in [1.54, 1.807) is 94.4 Å². The van der Waals surface area contributed by atoms with Gasteiger partial charge in [0.2, 0.25) is 10.0 Å². The molecule has 0 aliphatic heterocycles. The van der Waals surface area contributed by atoms with E-state index in [4.69, 9.17) is 4.42 Å². The van der Waals surface area contributed by atoms with Crippen molar-refractivity contribution >= 4 is 61.2 Å². The summed E-state index contributed by atoms with van der Waals surface area (Å²) in [6, 6.07) is 17.2. The molecule has 1 aromatic heterocycles. The third kappa shape index (κ3) is 6.43. The number of carbonyl (C=O) groups is 2. The molecule has 0 fully saturated rings. The molecule has 228 valence electrons. The average Bonchev–Trinajstić information content (AvgIpc) is 3.32. The molecular formula is C30H32N3O8S2-. The van der Waals surface area contributed by atoms with Gasteiger partial charge in [-0.3, -0.25) is 17.6 Å². The third-order valence-electron chi connectivity index (χ3n) is 7.16. The lowest BCUT2D eigenvalue weighted by atomic mass is 10.0. The fourth-order valence-electron chi connectivity index (χ4n) is 4.83. The van der Waals surface area contributed by atoms with E-state index in [0.717, 1.165) is 15.4 Å². The van der Waals surface area contributed by atoms with Crippen LogP contribution in [0.3, 0.4) is 0 Å². The Bertz CT molecular complexity index is 1780. The number of carboxylic acids is 1. The number of nitrogens with one attached hydrogen (secondary N) is 1. The molecule has 13 heteroatoms. The molecule has 0 radical (unpaired) electrons. The maximum atomic E-state index is 13.2. The molecule has 0 saturated carbocycles. The molecule has 2 atom stereocenters. The van der Waals surface area contributed by atoms with Crippen LogP contribution >= 0.6 is 0 Å². The minimum Gasteiger partial charge on any atom is -0.755 e. The van der Waals surface area contributed by atoms with E-state index in [9.17, 15) is 31.9 Å². The van der Waals surface area contributed by atoms with Crippen molar-refractivity contribution in [2.45, 2.75) is 33.7 Å². The Morgan fingerprint density at radius 1 is 1.02 bits per heavy atom. The monoisotopic (exact) mass is 626 g/mol. The number of nitrogens with zero attached hydrogens (tertiary/aromatic N) is 2. The molecule has 2 N–H and O–H groups in total. The summed E-state index contributed by atoms with van der Waals surface area (Å²) in [7, 11) is -2.06. The number of amides is 1. The minimum absolute atomic E-state index is 0.0609. The van der Waals surface area contributed by atoms with Gasteiger partial charge < -0.3 is 19.4 Å². The second-order valence-electron chi connectivity index (χ2n) is 10.2. The second kappa shape index (κ2) is 12.6. The van der Waals surface area contributed by atoms with Crippen molar-refractivity contribution in [1.29, 1.82) is 0 Å². The zero-order valence-electron chi connectivity index (χ0n) is 24.2. The first-order valence-electron chi connectivity index (χ1n) is 13.4. The molecule has 1 heterocycles. The van der Waals surface area contributed by atoms with Gasteiger partial charge in [0, 0.05) is 40.6 Å². The molecular weight excluding hydrogens is 594 g/mol. The maximum absolute atomic E-state index is 13.2. The summed E-state index contributed by atoms with van der Waals surface area (Å²) >= 11 is -2.79. The number of sulfonamides is 1. The largest absolute Gasteiger partial charge is 0.755 e. The number of furan rings is 1. The molecule has 0 aliphatic carbocycles. The number of aryl methyl sites for hydroxylation is 1. The van der Waals surface area contributed by atoms with Crippen molar-refractivity contribution in [3.05, 3.63) is 78.1 Å². The summed E-state index contributed by atoms with van der Waals surface area (Å²) in [5.74, 6) is -2.21. The van der Waals surface area contributed by atoms with Crippen LogP contribution < -0.4 is 13.9 Å². The number of aliphatic carboxylic acids is 1. The molecule has 3 aromatic carbocycles. The number of anilines is 3. The molecule has 11 nitrogen and oxygen atoms in total. The average molecular weight is 627 g/mol. The smallest absolute Gasteiger partial charge is 0.327 e. The van der Waals surface area contributed by atoms with Crippen LogP contribution in [-0.4, -0.2) is 53.0 Å². The fourth-order valence-corrected chi connectivity index (χ4v) is 6.49. The van der Waals surface area contributed by atoms with Crippen LogP contribution in [0.5, 0.6) is 0 Å². The van der Waals surface area contributed by atoms with Crippen molar-refractivity contribution in [3.63, 3.8) is 0 Å². The van der Waals surface area contributed by atoms with Gasteiger partial charge in [-0.1, -0.05) is 44.2 Å². The highest BCUT2D eigenvalue weighted by molar-refractivity contribution is 7.92. The summed E-state index contributed by atoms with van der Waals surface area (Å²) in [5.41, 5.74) is 3.56. The van der Waals surface area contributed by atoms with Crippen molar-refractivity contribution in [3.8, 4) is 11.1 Å². The number of rotatable bonds is 11. The predicted octanol–water partition coefficient (Wildman–Crippen LogP) is 5.16. The van der Waals surface area contributed by atoms with E-state index in [-0.39, 0.29) is 17.2 Å². The normalized spacial score (nSPS) is 13.1. The SMILES string of the molecule is CCS(=O)(=O)N(C)c1cccc2oc(C(=O)Nc3ccc(-c4ccc(N(C(C(=O)O)C(C)C)S(=O)[O-])cc4)cc3)c(C)c12. The topological polar surface area (TPSA) is 160 Å². The van der Waals surface area contributed by atoms with Gasteiger partial charge in [-0.05, 0) is 67.3 Å². The van der Waals surface area contributed by atoms with E-state index >= 15 is 0 Å². The highest BCUT2D eigenvalue weighted by Crippen LogP contribution is 2.35.